The summed E-state index contributed by atoms with van der Waals surface area (Å²) in [5.74, 6) is 0.477. The van der Waals surface area contributed by atoms with Crippen LogP contribution in [0.2, 0.25) is 0 Å². The minimum absolute atomic E-state index is 0.0250. The molecule has 11 nitrogen and oxygen atoms in total. The van der Waals surface area contributed by atoms with Gasteiger partial charge in [-0.3, -0.25) is 9.59 Å². The molecule has 1 aromatic heterocycles. The molecule has 8 rings (SSSR count). The zero-order chi connectivity index (χ0) is 36.9. The van der Waals surface area contributed by atoms with Gasteiger partial charge in [0.25, 0.3) is 5.91 Å². The molecule has 2 saturated heterocycles. The molecule has 2 aromatic carbocycles. The number of ether oxygens (including phenoxy) is 2. The zero-order valence-corrected chi connectivity index (χ0v) is 31.8. The second kappa shape index (κ2) is 12.2. The van der Waals surface area contributed by atoms with Crippen LogP contribution in [-0.2, 0) is 26.1 Å². The Balaban J connectivity index is 1.23. The molecule has 2 saturated carbocycles. The van der Waals surface area contributed by atoms with Crippen molar-refractivity contribution in [1.82, 2.24) is 19.1 Å². The number of carbonyl (C=O) groups excluding carboxylic acids is 3. The number of fused-ring (bicyclic) bond motifs is 9. The number of hydrogen-bond donors (Lipinski definition) is 1. The van der Waals surface area contributed by atoms with Gasteiger partial charge in [0, 0.05) is 47.6 Å². The van der Waals surface area contributed by atoms with Gasteiger partial charge in [-0.1, -0.05) is 25.3 Å². The van der Waals surface area contributed by atoms with Crippen molar-refractivity contribution in [2.75, 3.05) is 20.2 Å². The summed E-state index contributed by atoms with van der Waals surface area (Å²) in [6, 6.07) is 11.6. The van der Waals surface area contributed by atoms with Crippen LogP contribution in [0, 0.1) is 5.41 Å². The fraction of sp³-hybridized carbons (Fsp3) is 0.575. The molecule has 0 spiro atoms. The van der Waals surface area contributed by atoms with Crippen molar-refractivity contribution in [3.63, 3.8) is 0 Å². The first-order valence-corrected chi connectivity index (χ1v) is 20.4. The number of benzene rings is 2. The van der Waals surface area contributed by atoms with Crippen LogP contribution in [-0.4, -0.2) is 83.8 Å². The van der Waals surface area contributed by atoms with Crippen LogP contribution in [0.5, 0.6) is 5.75 Å². The predicted molar refractivity (Wildman–Crippen MR) is 198 cm³/mol. The van der Waals surface area contributed by atoms with Gasteiger partial charge in [0.05, 0.1) is 35.6 Å². The fourth-order valence-electron chi connectivity index (χ4n) is 9.47. The average Bonchev–Trinajstić information content (AvgIpc) is 3.34. The summed E-state index contributed by atoms with van der Waals surface area (Å²) >= 11 is 0. The van der Waals surface area contributed by atoms with E-state index in [2.05, 4.69) is 21.4 Å². The van der Waals surface area contributed by atoms with Gasteiger partial charge in [-0.15, -0.1) is 0 Å². The summed E-state index contributed by atoms with van der Waals surface area (Å²) in [6.45, 7) is 10.0. The Morgan fingerprint density at radius 1 is 0.962 bits per heavy atom. The van der Waals surface area contributed by atoms with Crippen LogP contribution >= 0.6 is 0 Å². The molecule has 2 unspecified atom stereocenters. The SMILES string of the molecule is COc1ccc2c(c1)C1CC1(C(=O)N1C[C@@H]3C[C@@H]1CN3C(=O)OC(C)(C)C)Cn1c-2c(C2CCCCC2)c2ccc(C(=O)NS(=O)(=O)C(C)C)cc21. The first-order chi connectivity index (χ1) is 24.6. The molecule has 2 aliphatic carbocycles. The van der Waals surface area contributed by atoms with Gasteiger partial charge in [0.1, 0.15) is 11.4 Å². The highest BCUT2D eigenvalue weighted by molar-refractivity contribution is 7.90. The van der Waals surface area contributed by atoms with Crippen LogP contribution in [0.25, 0.3) is 22.2 Å². The molecule has 12 heteroatoms. The van der Waals surface area contributed by atoms with E-state index in [-0.39, 0.29) is 35.6 Å². The first-order valence-electron chi connectivity index (χ1n) is 18.8. The van der Waals surface area contributed by atoms with E-state index in [4.69, 9.17) is 9.47 Å². The molecule has 3 amide bonds. The average molecular weight is 731 g/mol. The molecule has 5 aliphatic rings. The van der Waals surface area contributed by atoms with Gasteiger partial charge < -0.3 is 23.8 Å². The molecule has 52 heavy (non-hydrogen) atoms. The number of carbonyl (C=O) groups is 3. The summed E-state index contributed by atoms with van der Waals surface area (Å²) in [6.07, 6.45) is 6.69. The molecule has 4 fully saturated rings. The number of hydrogen-bond acceptors (Lipinski definition) is 7. The first kappa shape index (κ1) is 35.0. The van der Waals surface area contributed by atoms with Gasteiger partial charge in [0.2, 0.25) is 15.9 Å². The number of sulfonamides is 1. The van der Waals surface area contributed by atoms with Crippen LogP contribution < -0.4 is 9.46 Å². The number of nitrogens with one attached hydrogen (secondary N) is 1. The van der Waals surface area contributed by atoms with Gasteiger partial charge in [0.15, 0.2) is 0 Å². The summed E-state index contributed by atoms with van der Waals surface area (Å²) in [4.78, 5) is 45.3. The smallest absolute Gasteiger partial charge is 0.410 e. The third kappa shape index (κ3) is 5.67. The van der Waals surface area contributed by atoms with Crippen LogP contribution in [0.3, 0.4) is 0 Å². The van der Waals surface area contributed by atoms with Gasteiger partial charge in [-0.25, -0.2) is 17.9 Å². The molecule has 278 valence electrons. The lowest BCUT2D eigenvalue weighted by atomic mass is 9.81. The third-order valence-electron chi connectivity index (χ3n) is 12.2. The number of rotatable bonds is 6. The van der Waals surface area contributed by atoms with Crippen molar-refractivity contribution >= 4 is 38.8 Å². The standard InChI is InChI=1S/C40H50N4O7S/c1-23(2)52(48,49)41-36(45)25-12-14-30-33(16-25)44-22-40(37(46)42-20-27-17-26(42)21-43(27)38(47)51-39(3,4)5)19-32(40)31-18-28(50-6)13-15-29(31)35(44)34(30)24-10-8-7-9-11-24/h12-16,18,23-24,26-27,32H,7-11,17,19-22H2,1-6H3,(H,41,45)/t26-,27+,32?,40?/m1/s1. The third-order valence-corrected chi connectivity index (χ3v) is 13.9. The van der Waals surface area contributed by atoms with Crippen LogP contribution in [0.4, 0.5) is 4.79 Å². The Morgan fingerprint density at radius 3 is 2.33 bits per heavy atom. The van der Waals surface area contributed by atoms with E-state index in [0.29, 0.717) is 32.0 Å². The largest absolute Gasteiger partial charge is 0.497 e. The van der Waals surface area contributed by atoms with Crippen LogP contribution in [0.15, 0.2) is 36.4 Å². The Hall–Kier alpha value is -4.06. The highest BCUT2D eigenvalue weighted by Gasteiger charge is 2.65. The lowest BCUT2D eigenvalue weighted by molar-refractivity contribution is -0.140. The number of amides is 3. The molecule has 4 heterocycles. The second-order valence-electron chi connectivity index (χ2n) is 16.9. The van der Waals surface area contributed by atoms with E-state index in [9.17, 15) is 18.0 Å². The molecule has 4 atom stereocenters. The van der Waals surface area contributed by atoms with Gasteiger partial charge in [-0.05, 0) is 108 Å². The highest BCUT2D eigenvalue weighted by Crippen LogP contribution is 2.66. The fourth-order valence-corrected chi connectivity index (χ4v) is 10.1. The lowest BCUT2D eigenvalue weighted by Crippen LogP contribution is -2.53. The summed E-state index contributed by atoms with van der Waals surface area (Å²) in [5.41, 5.74) is 4.31. The number of likely N-dealkylation sites (tertiary alicyclic amines) is 2. The maximum Gasteiger partial charge on any atom is 0.410 e. The minimum atomic E-state index is -3.84. The van der Waals surface area contributed by atoms with E-state index >= 15 is 4.79 Å². The second-order valence-corrected chi connectivity index (χ2v) is 19.2. The highest BCUT2D eigenvalue weighted by atomic mass is 32.2. The summed E-state index contributed by atoms with van der Waals surface area (Å²) in [5, 5.41) is 0.285. The molecule has 0 radical (unpaired) electrons. The zero-order valence-electron chi connectivity index (χ0n) is 31.0. The molecular formula is C40H50N4O7S. The maximum atomic E-state index is 15.0. The van der Waals surface area contributed by atoms with Crippen molar-refractivity contribution in [2.24, 2.45) is 5.41 Å². The normalized spacial score (nSPS) is 25.4. The van der Waals surface area contributed by atoms with E-state index in [0.717, 1.165) is 65.6 Å². The van der Waals surface area contributed by atoms with Gasteiger partial charge in [-0.2, -0.15) is 0 Å². The lowest BCUT2D eigenvalue weighted by Gasteiger charge is -2.37. The molecule has 1 N–H and O–H groups in total. The van der Waals surface area contributed by atoms with Crippen molar-refractivity contribution < 1.29 is 32.3 Å². The Labute approximate surface area is 306 Å². The van der Waals surface area contributed by atoms with E-state index in [1.807, 2.05) is 43.9 Å². The van der Waals surface area contributed by atoms with E-state index in [1.54, 1.807) is 31.9 Å². The monoisotopic (exact) mass is 730 g/mol. The Kier molecular flexibility index (Phi) is 8.24. The number of nitrogens with zero attached hydrogens (tertiary/aromatic N) is 3. The topological polar surface area (TPSA) is 127 Å². The molecular weight excluding hydrogens is 681 g/mol. The van der Waals surface area contributed by atoms with Crippen molar-refractivity contribution in [3.05, 3.63) is 53.1 Å². The maximum absolute atomic E-state index is 15.0. The van der Waals surface area contributed by atoms with Crippen LogP contribution in [0.1, 0.15) is 113 Å². The van der Waals surface area contributed by atoms with E-state index in [1.165, 1.54) is 12.0 Å². The molecule has 2 bridgehead atoms. The number of methoxy groups -OCH3 is 1. The Bertz CT molecular complexity index is 2090. The summed E-state index contributed by atoms with van der Waals surface area (Å²) < 4.78 is 41.4. The minimum Gasteiger partial charge on any atom is -0.497 e. The number of piperazine rings is 1. The van der Waals surface area contributed by atoms with E-state index < -0.39 is 32.2 Å². The Morgan fingerprint density at radius 2 is 1.67 bits per heavy atom. The number of aromatic nitrogens is 1. The quantitative estimate of drug-likeness (QED) is 0.305. The van der Waals surface area contributed by atoms with Crippen molar-refractivity contribution in [1.29, 1.82) is 0 Å². The molecule has 3 aromatic rings. The predicted octanol–water partition coefficient (Wildman–Crippen LogP) is 6.54. The van der Waals surface area contributed by atoms with Crippen molar-refractivity contribution in [3.8, 4) is 17.0 Å². The molecule has 3 aliphatic heterocycles. The van der Waals surface area contributed by atoms with Crippen molar-refractivity contribution in [2.45, 2.75) is 121 Å². The summed E-state index contributed by atoms with van der Waals surface area (Å²) in [7, 11) is -2.17. The van der Waals surface area contributed by atoms with Gasteiger partial charge >= 0.3 is 6.09 Å².